The lowest BCUT2D eigenvalue weighted by molar-refractivity contribution is 0.101. The zero-order valence-electron chi connectivity index (χ0n) is 16.7. The van der Waals surface area contributed by atoms with Gasteiger partial charge >= 0.3 is 0 Å². The summed E-state index contributed by atoms with van der Waals surface area (Å²) < 4.78 is 0. The first kappa shape index (κ1) is 19.1. The normalized spacial score (nSPS) is 14.4. The Morgan fingerprint density at radius 1 is 0.931 bits per heavy atom. The maximum atomic E-state index is 11.7. The van der Waals surface area contributed by atoms with Crippen molar-refractivity contribution >= 4 is 23.2 Å². The van der Waals surface area contributed by atoms with Gasteiger partial charge in [0.1, 0.15) is 5.82 Å². The van der Waals surface area contributed by atoms with Crippen molar-refractivity contribution in [3.05, 3.63) is 66.2 Å². The Morgan fingerprint density at radius 3 is 2.48 bits per heavy atom. The third kappa shape index (κ3) is 4.99. The quantitative estimate of drug-likeness (QED) is 0.521. The zero-order valence-corrected chi connectivity index (χ0v) is 16.7. The fourth-order valence-corrected chi connectivity index (χ4v) is 3.73. The molecule has 1 aliphatic carbocycles. The second-order valence-electron chi connectivity index (χ2n) is 7.57. The van der Waals surface area contributed by atoms with E-state index in [2.05, 4.69) is 10.6 Å². The summed E-state index contributed by atoms with van der Waals surface area (Å²) in [5.74, 6) is 1.38. The highest BCUT2D eigenvalue weighted by Gasteiger charge is 2.15. The van der Waals surface area contributed by atoms with E-state index in [0.717, 1.165) is 22.8 Å². The minimum atomic E-state index is 0.0345. The number of carbonyl (C=O) groups excluding carboxylic acids is 1. The predicted molar refractivity (Wildman–Crippen MR) is 118 cm³/mol. The zero-order chi connectivity index (χ0) is 20.1. The van der Waals surface area contributed by atoms with E-state index in [1.54, 1.807) is 6.92 Å². The van der Waals surface area contributed by atoms with Crippen molar-refractivity contribution < 1.29 is 4.79 Å². The summed E-state index contributed by atoms with van der Waals surface area (Å²) >= 11 is 0. The second-order valence-corrected chi connectivity index (χ2v) is 7.57. The molecule has 1 fully saturated rings. The van der Waals surface area contributed by atoms with Crippen LogP contribution in [0.4, 0.5) is 17.5 Å². The minimum absolute atomic E-state index is 0.0345. The van der Waals surface area contributed by atoms with E-state index in [4.69, 9.17) is 9.97 Å². The Balaban J connectivity index is 1.65. The number of nitrogens with one attached hydrogen (secondary N) is 2. The molecule has 0 atom stereocenters. The number of anilines is 3. The molecule has 3 aromatic rings. The number of carbonyl (C=O) groups is 1. The van der Waals surface area contributed by atoms with E-state index in [1.807, 2.05) is 60.7 Å². The molecule has 29 heavy (non-hydrogen) atoms. The first-order valence-electron chi connectivity index (χ1n) is 10.3. The van der Waals surface area contributed by atoms with Gasteiger partial charge in [-0.25, -0.2) is 4.98 Å². The highest BCUT2D eigenvalue weighted by Crippen LogP contribution is 2.26. The first-order chi connectivity index (χ1) is 14.2. The largest absolute Gasteiger partial charge is 0.367 e. The molecule has 0 unspecified atom stereocenters. The maximum Gasteiger partial charge on any atom is 0.229 e. The summed E-state index contributed by atoms with van der Waals surface area (Å²) in [5.41, 5.74) is 3.37. The van der Waals surface area contributed by atoms with Crippen LogP contribution in [-0.2, 0) is 0 Å². The molecule has 1 heterocycles. The van der Waals surface area contributed by atoms with Gasteiger partial charge in [0.2, 0.25) is 5.95 Å². The van der Waals surface area contributed by atoms with Crippen LogP contribution in [0, 0.1) is 0 Å². The van der Waals surface area contributed by atoms with E-state index in [1.165, 1.54) is 32.1 Å². The third-order valence-corrected chi connectivity index (χ3v) is 5.28. The molecular formula is C24H26N4O. The molecule has 2 N–H and O–H groups in total. The van der Waals surface area contributed by atoms with E-state index in [9.17, 15) is 4.79 Å². The number of benzene rings is 2. The van der Waals surface area contributed by atoms with Gasteiger partial charge < -0.3 is 10.6 Å². The van der Waals surface area contributed by atoms with Crippen LogP contribution in [0.1, 0.15) is 49.4 Å². The monoisotopic (exact) mass is 386 g/mol. The fourth-order valence-electron chi connectivity index (χ4n) is 3.73. The molecule has 0 saturated heterocycles. The van der Waals surface area contributed by atoms with Crippen LogP contribution in [-0.4, -0.2) is 21.8 Å². The van der Waals surface area contributed by atoms with E-state index < -0.39 is 0 Å². The van der Waals surface area contributed by atoms with Gasteiger partial charge in [-0.15, -0.1) is 0 Å². The second kappa shape index (κ2) is 8.86. The number of Topliss-reactive ketones (excluding diaryl/α,β-unsaturated/α-hetero) is 1. The highest BCUT2D eigenvalue weighted by atomic mass is 16.1. The van der Waals surface area contributed by atoms with Gasteiger partial charge in [-0.05, 0) is 31.9 Å². The molecule has 4 rings (SSSR count). The maximum absolute atomic E-state index is 11.7. The summed E-state index contributed by atoms with van der Waals surface area (Å²) in [5, 5.41) is 6.87. The average Bonchev–Trinajstić information content (AvgIpc) is 2.75. The number of aromatic nitrogens is 2. The smallest absolute Gasteiger partial charge is 0.229 e. The Labute approximate surface area is 171 Å². The molecule has 0 radical (unpaired) electrons. The van der Waals surface area contributed by atoms with Crippen molar-refractivity contribution in [3.8, 4) is 11.3 Å². The van der Waals surface area contributed by atoms with Crippen molar-refractivity contribution in [2.75, 3.05) is 10.6 Å². The molecule has 0 amide bonds. The molecular weight excluding hydrogens is 360 g/mol. The Morgan fingerprint density at radius 2 is 1.72 bits per heavy atom. The number of hydrogen-bond acceptors (Lipinski definition) is 5. The minimum Gasteiger partial charge on any atom is -0.367 e. The van der Waals surface area contributed by atoms with E-state index >= 15 is 0 Å². The van der Waals surface area contributed by atoms with Crippen molar-refractivity contribution in [1.82, 2.24) is 9.97 Å². The first-order valence-corrected chi connectivity index (χ1v) is 10.3. The molecule has 1 aliphatic rings. The van der Waals surface area contributed by atoms with Gasteiger partial charge in [-0.3, -0.25) is 4.79 Å². The Kier molecular flexibility index (Phi) is 5.84. The van der Waals surface area contributed by atoms with Gasteiger partial charge in [0.25, 0.3) is 0 Å². The Hall–Kier alpha value is -3.21. The van der Waals surface area contributed by atoms with Gasteiger partial charge in [0.15, 0.2) is 5.78 Å². The van der Waals surface area contributed by atoms with Crippen molar-refractivity contribution in [1.29, 1.82) is 0 Å². The number of ketones is 1. The van der Waals surface area contributed by atoms with Crippen molar-refractivity contribution in [2.45, 2.75) is 45.1 Å². The van der Waals surface area contributed by atoms with Crippen LogP contribution in [0.2, 0.25) is 0 Å². The van der Waals surface area contributed by atoms with E-state index in [-0.39, 0.29) is 5.78 Å². The fraction of sp³-hybridized carbons (Fsp3) is 0.292. The number of hydrogen-bond donors (Lipinski definition) is 2. The molecule has 5 heteroatoms. The third-order valence-electron chi connectivity index (χ3n) is 5.28. The van der Waals surface area contributed by atoms with Crippen LogP contribution in [0.5, 0.6) is 0 Å². The summed E-state index contributed by atoms with van der Waals surface area (Å²) in [7, 11) is 0. The van der Waals surface area contributed by atoms with Crippen molar-refractivity contribution in [2.24, 2.45) is 0 Å². The summed E-state index contributed by atoms with van der Waals surface area (Å²) in [6.45, 7) is 1.57. The summed E-state index contributed by atoms with van der Waals surface area (Å²) in [6, 6.07) is 20.0. The summed E-state index contributed by atoms with van der Waals surface area (Å²) in [4.78, 5) is 21.1. The predicted octanol–water partition coefficient (Wildman–Crippen LogP) is 5.83. The molecule has 148 valence electrons. The molecule has 0 spiro atoms. The SMILES string of the molecule is CC(=O)c1cccc(Nc2nc(NC3CCCCC3)cc(-c3ccccc3)n2)c1. The van der Waals surface area contributed by atoms with Crippen LogP contribution >= 0.6 is 0 Å². The molecule has 0 bridgehead atoms. The van der Waals surface area contributed by atoms with Gasteiger partial charge in [-0.2, -0.15) is 4.98 Å². The lowest BCUT2D eigenvalue weighted by Gasteiger charge is -2.23. The standard InChI is InChI=1S/C24H26N4O/c1-17(29)19-11-8-14-21(15-19)26-24-27-22(18-9-4-2-5-10-18)16-23(28-24)25-20-12-6-3-7-13-20/h2,4-5,8-11,14-16,20H,3,6-7,12-13H2,1H3,(H2,25,26,27,28). The molecule has 1 saturated carbocycles. The summed E-state index contributed by atoms with van der Waals surface area (Å²) in [6.07, 6.45) is 6.19. The van der Waals surface area contributed by atoms with Crippen LogP contribution in [0.25, 0.3) is 11.3 Å². The van der Waals surface area contributed by atoms with Crippen LogP contribution < -0.4 is 10.6 Å². The molecule has 1 aromatic heterocycles. The number of nitrogens with zero attached hydrogens (tertiary/aromatic N) is 2. The molecule has 0 aliphatic heterocycles. The lowest BCUT2D eigenvalue weighted by Crippen LogP contribution is -2.23. The molecule has 5 nitrogen and oxygen atoms in total. The van der Waals surface area contributed by atoms with Gasteiger partial charge in [0, 0.05) is 28.9 Å². The van der Waals surface area contributed by atoms with Crippen molar-refractivity contribution in [3.63, 3.8) is 0 Å². The highest BCUT2D eigenvalue weighted by molar-refractivity contribution is 5.95. The topological polar surface area (TPSA) is 66.9 Å². The average molecular weight is 386 g/mol. The van der Waals surface area contributed by atoms with E-state index in [0.29, 0.717) is 17.6 Å². The lowest BCUT2D eigenvalue weighted by atomic mass is 9.95. The van der Waals surface area contributed by atoms with Crippen LogP contribution in [0.3, 0.4) is 0 Å². The van der Waals surface area contributed by atoms with Crippen LogP contribution in [0.15, 0.2) is 60.7 Å². The van der Waals surface area contributed by atoms with Gasteiger partial charge in [-0.1, -0.05) is 61.7 Å². The molecule has 2 aromatic carbocycles. The van der Waals surface area contributed by atoms with Gasteiger partial charge in [0.05, 0.1) is 5.69 Å². The number of rotatable bonds is 6. The Bertz CT molecular complexity index is 981.